The van der Waals surface area contributed by atoms with Crippen molar-refractivity contribution in [1.29, 1.82) is 0 Å². The lowest BCUT2D eigenvalue weighted by Crippen LogP contribution is -2.64. The lowest BCUT2D eigenvalue weighted by atomic mass is 9.98. The summed E-state index contributed by atoms with van der Waals surface area (Å²) in [6.45, 7) is 4.00. The Hall–Kier alpha value is -1.19. The van der Waals surface area contributed by atoms with Crippen molar-refractivity contribution in [2.75, 3.05) is 13.2 Å². The summed E-state index contributed by atoms with van der Waals surface area (Å²) in [5.74, 6) is -0.511. The summed E-state index contributed by atoms with van der Waals surface area (Å²) in [5.41, 5.74) is 0.208. The van der Waals surface area contributed by atoms with E-state index in [-0.39, 0.29) is 12.1 Å². The molecule has 0 aromatic rings. The van der Waals surface area contributed by atoms with Gasteiger partial charge in [-0.2, -0.15) is 0 Å². The first-order valence-corrected chi connectivity index (χ1v) is 8.67. The lowest BCUT2D eigenvalue weighted by molar-refractivity contribution is -0.374. The average Bonchev–Trinajstić information content (AvgIpc) is 2.67. The smallest absolute Gasteiger partial charge is 0.246 e. The van der Waals surface area contributed by atoms with E-state index in [1.165, 1.54) is 6.92 Å². The Kier molecular flexibility index (Phi) is 7.87. The van der Waals surface area contributed by atoms with Gasteiger partial charge in [0.05, 0.1) is 6.61 Å². The largest absolute Gasteiger partial charge is 0.394 e. The Labute approximate surface area is 160 Å². The standard InChI is InChI=1S/C16H27NO11/c1-5(2)14(25)17-3-6-8(19)10(21)12(23)15(26-6)28-16-13(24)11(22)9(20)7(4-18)27-16/h6-13,15-16,18-24H,1,3-4H2,2H3,(H,17,25)/t6-,7-,8-,9-,10+,11+,12-,13-,15-,16-/m1/s1. The maximum Gasteiger partial charge on any atom is 0.246 e. The highest BCUT2D eigenvalue weighted by Gasteiger charge is 2.49. The van der Waals surface area contributed by atoms with Gasteiger partial charge in [-0.15, -0.1) is 0 Å². The first kappa shape index (κ1) is 23.1. The van der Waals surface area contributed by atoms with Crippen LogP contribution in [-0.4, -0.2) is 116 Å². The van der Waals surface area contributed by atoms with Crippen molar-refractivity contribution >= 4 is 5.91 Å². The van der Waals surface area contributed by atoms with Crippen molar-refractivity contribution < 1.29 is 54.8 Å². The van der Waals surface area contributed by atoms with Crippen LogP contribution in [0.4, 0.5) is 0 Å². The third-order valence-electron chi connectivity index (χ3n) is 4.64. The Morgan fingerprint density at radius 3 is 1.82 bits per heavy atom. The maximum atomic E-state index is 11.6. The summed E-state index contributed by atoms with van der Waals surface area (Å²) in [6, 6.07) is 0. The highest BCUT2D eigenvalue weighted by molar-refractivity contribution is 5.92. The number of ether oxygens (including phenoxy) is 3. The van der Waals surface area contributed by atoms with Gasteiger partial charge in [0.2, 0.25) is 5.91 Å². The van der Waals surface area contributed by atoms with Crippen molar-refractivity contribution in [1.82, 2.24) is 5.32 Å². The minimum atomic E-state index is -1.75. The second-order valence-corrected chi connectivity index (χ2v) is 6.84. The van der Waals surface area contributed by atoms with Crippen molar-refractivity contribution in [2.45, 2.75) is 68.3 Å². The summed E-state index contributed by atoms with van der Waals surface area (Å²) < 4.78 is 15.8. The third kappa shape index (κ3) is 4.86. The highest BCUT2D eigenvalue weighted by Crippen LogP contribution is 2.27. The number of hydrogen-bond acceptors (Lipinski definition) is 11. The zero-order valence-electron chi connectivity index (χ0n) is 15.2. The van der Waals surface area contributed by atoms with E-state index in [0.29, 0.717) is 0 Å². The van der Waals surface area contributed by atoms with Gasteiger partial charge in [0.1, 0.15) is 48.8 Å². The van der Waals surface area contributed by atoms with Gasteiger partial charge in [-0.25, -0.2) is 0 Å². The molecule has 2 rings (SSSR count). The second kappa shape index (κ2) is 9.54. The van der Waals surface area contributed by atoms with Crippen molar-refractivity contribution in [3.63, 3.8) is 0 Å². The molecule has 162 valence electrons. The number of hydrogen-bond donors (Lipinski definition) is 8. The molecule has 8 N–H and O–H groups in total. The number of nitrogens with one attached hydrogen (secondary N) is 1. The molecule has 10 atom stereocenters. The van der Waals surface area contributed by atoms with Crippen LogP contribution in [-0.2, 0) is 19.0 Å². The third-order valence-corrected chi connectivity index (χ3v) is 4.64. The molecule has 2 aliphatic heterocycles. The van der Waals surface area contributed by atoms with E-state index in [0.717, 1.165) is 0 Å². The summed E-state index contributed by atoms with van der Waals surface area (Å²) in [7, 11) is 0. The number of amides is 1. The molecule has 2 heterocycles. The number of rotatable bonds is 6. The van der Waals surface area contributed by atoms with Gasteiger partial charge >= 0.3 is 0 Å². The SMILES string of the molecule is C=C(C)C(=O)NC[C@H]1O[C@H](O[C@H]2O[C@H](CO)[C@@H](O)[C@H](O)[C@H]2O)[C@H](O)[C@@H](O)[C@@H]1O. The van der Waals surface area contributed by atoms with Crippen LogP contribution < -0.4 is 5.32 Å². The normalized spacial score (nSPS) is 44.1. The van der Waals surface area contributed by atoms with Crippen LogP contribution in [0.2, 0.25) is 0 Å². The number of carbonyl (C=O) groups is 1. The molecule has 0 aliphatic carbocycles. The van der Waals surface area contributed by atoms with Gasteiger partial charge in [-0.1, -0.05) is 6.58 Å². The Morgan fingerprint density at radius 1 is 0.893 bits per heavy atom. The predicted molar refractivity (Wildman–Crippen MR) is 89.4 cm³/mol. The molecule has 2 aliphatic rings. The van der Waals surface area contributed by atoms with Crippen LogP contribution in [0.5, 0.6) is 0 Å². The molecule has 1 amide bonds. The van der Waals surface area contributed by atoms with E-state index < -0.39 is 73.9 Å². The fraction of sp³-hybridized carbons (Fsp3) is 0.812. The topological polar surface area (TPSA) is 198 Å². The number of carbonyl (C=O) groups excluding carboxylic acids is 1. The molecule has 12 heteroatoms. The molecule has 0 spiro atoms. The molecule has 0 aromatic carbocycles. The monoisotopic (exact) mass is 409 g/mol. The van der Waals surface area contributed by atoms with Gasteiger partial charge in [-0.05, 0) is 6.92 Å². The molecule has 2 fully saturated rings. The fourth-order valence-electron chi connectivity index (χ4n) is 2.85. The molecule has 12 nitrogen and oxygen atoms in total. The molecule has 0 unspecified atom stereocenters. The molecule has 0 bridgehead atoms. The predicted octanol–water partition coefficient (Wildman–Crippen LogP) is -4.70. The van der Waals surface area contributed by atoms with Gasteiger partial charge in [0, 0.05) is 12.1 Å². The summed E-state index contributed by atoms with van der Waals surface area (Å²) in [5, 5.41) is 71.3. The maximum absolute atomic E-state index is 11.6. The van der Waals surface area contributed by atoms with Gasteiger partial charge in [-0.3, -0.25) is 4.79 Å². The van der Waals surface area contributed by atoms with E-state index in [9.17, 15) is 40.5 Å². The summed E-state index contributed by atoms with van der Waals surface area (Å²) in [4.78, 5) is 11.6. The Morgan fingerprint density at radius 2 is 1.36 bits per heavy atom. The summed E-state index contributed by atoms with van der Waals surface area (Å²) >= 11 is 0. The number of aliphatic hydroxyl groups excluding tert-OH is 7. The van der Waals surface area contributed by atoms with Crippen LogP contribution in [0.25, 0.3) is 0 Å². The van der Waals surface area contributed by atoms with Crippen molar-refractivity contribution in [3.05, 3.63) is 12.2 Å². The van der Waals surface area contributed by atoms with Gasteiger partial charge in [0.15, 0.2) is 12.6 Å². The lowest BCUT2D eigenvalue weighted by Gasteiger charge is -2.44. The Bertz CT molecular complexity index is 559. The number of aliphatic hydroxyl groups is 7. The first-order chi connectivity index (χ1) is 13.1. The van der Waals surface area contributed by atoms with E-state index in [2.05, 4.69) is 11.9 Å². The van der Waals surface area contributed by atoms with Gasteiger partial charge in [0.25, 0.3) is 0 Å². The molecule has 2 saturated heterocycles. The molecule has 0 saturated carbocycles. The second-order valence-electron chi connectivity index (χ2n) is 6.84. The highest BCUT2D eigenvalue weighted by atomic mass is 16.8. The first-order valence-electron chi connectivity index (χ1n) is 8.67. The molecule has 0 radical (unpaired) electrons. The zero-order chi connectivity index (χ0) is 21.2. The van der Waals surface area contributed by atoms with E-state index in [1.54, 1.807) is 0 Å². The molecular weight excluding hydrogens is 382 g/mol. The van der Waals surface area contributed by atoms with Crippen LogP contribution in [0.15, 0.2) is 12.2 Å². The molecule has 28 heavy (non-hydrogen) atoms. The zero-order valence-corrected chi connectivity index (χ0v) is 15.2. The molecule has 0 aromatic heterocycles. The average molecular weight is 409 g/mol. The fourth-order valence-corrected chi connectivity index (χ4v) is 2.85. The minimum absolute atomic E-state index is 0.208. The van der Waals surface area contributed by atoms with E-state index in [1.807, 2.05) is 0 Å². The Balaban J connectivity index is 2.06. The molecular formula is C16H27NO11. The van der Waals surface area contributed by atoms with E-state index in [4.69, 9.17) is 14.2 Å². The quantitative estimate of drug-likeness (QED) is 0.196. The summed E-state index contributed by atoms with van der Waals surface area (Å²) in [6.07, 6.45) is -15.8. The van der Waals surface area contributed by atoms with E-state index >= 15 is 0 Å². The van der Waals surface area contributed by atoms with Crippen molar-refractivity contribution in [2.24, 2.45) is 0 Å². The van der Waals surface area contributed by atoms with Crippen LogP contribution in [0.3, 0.4) is 0 Å². The minimum Gasteiger partial charge on any atom is -0.394 e. The van der Waals surface area contributed by atoms with Crippen molar-refractivity contribution in [3.8, 4) is 0 Å². The van der Waals surface area contributed by atoms with Crippen LogP contribution in [0.1, 0.15) is 6.92 Å². The van der Waals surface area contributed by atoms with Crippen LogP contribution in [0, 0.1) is 0 Å². The van der Waals surface area contributed by atoms with Crippen LogP contribution >= 0.6 is 0 Å². The van der Waals surface area contributed by atoms with Gasteiger partial charge < -0.3 is 55.3 Å².